The zero-order chi connectivity index (χ0) is 16.6. The van der Waals surface area contributed by atoms with Gasteiger partial charge in [-0.1, -0.05) is 23.8 Å². The fraction of sp³-hybridized carbons (Fsp3) is 0.316. The molecule has 2 aromatic rings. The molecule has 4 heteroatoms. The van der Waals surface area contributed by atoms with E-state index in [1.807, 2.05) is 70.2 Å². The zero-order valence-electron chi connectivity index (χ0n) is 13.9. The summed E-state index contributed by atoms with van der Waals surface area (Å²) in [5.74, 6) is 0.588. The molecule has 1 aliphatic rings. The van der Waals surface area contributed by atoms with Crippen molar-refractivity contribution in [3.8, 4) is 0 Å². The normalized spacial score (nSPS) is 17.5. The van der Waals surface area contributed by atoms with Crippen molar-refractivity contribution in [3.63, 3.8) is 0 Å². The van der Waals surface area contributed by atoms with Gasteiger partial charge in [-0.2, -0.15) is 0 Å². The first-order valence-electron chi connectivity index (χ1n) is 7.68. The molecule has 1 atom stereocenters. The quantitative estimate of drug-likeness (QED) is 0.854. The lowest BCUT2D eigenvalue weighted by Gasteiger charge is -2.10. The van der Waals surface area contributed by atoms with Crippen LogP contribution in [-0.2, 0) is 15.5 Å². The summed E-state index contributed by atoms with van der Waals surface area (Å²) in [5, 5.41) is 0. The number of aryl methyl sites for hydroxylation is 2. The summed E-state index contributed by atoms with van der Waals surface area (Å²) in [6.45, 7) is 8.64. The van der Waals surface area contributed by atoms with Crippen LogP contribution in [0.3, 0.4) is 0 Å². The van der Waals surface area contributed by atoms with E-state index in [-0.39, 0.29) is 5.54 Å². The number of rotatable bonds is 3. The highest BCUT2D eigenvalue weighted by atomic mass is 32.2. The van der Waals surface area contributed by atoms with E-state index in [2.05, 4.69) is 4.99 Å². The molecule has 0 amide bonds. The molecule has 0 spiro atoms. The molecule has 1 unspecified atom stereocenters. The summed E-state index contributed by atoms with van der Waals surface area (Å²) in [6.07, 6.45) is 0. The summed E-state index contributed by atoms with van der Waals surface area (Å²) in [7, 11) is -1.26. The van der Waals surface area contributed by atoms with Crippen LogP contribution in [0.4, 0.5) is 0 Å². The Kier molecular flexibility index (Phi) is 4.11. The fourth-order valence-corrected chi connectivity index (χ4v) is 3.76. The highest BCUT2D eigenvalue weighted by Gasteiger charge is 2.29. The molecule has 23 heavy (non-hydrogen) atoms. The van der Waals surface area contributed by atoms with Crippen molar-refractivity contribution < 1.29 is 8.95 Å². The second-order valence-electron chi connectivity index (χ2n) is 6.60. The van der Waals surface area contributed by atoms with Crippen LogP contribution in [-0.4, -0.2) is 22.3 Å². The van der Waals surface area contributed by atoms with Crippen LogP contribution >= 0.6 is 0 Å². The number of benzene rings is 2. The lowest BCUT2D eigenvalue weighted by molar-refractivity contribution is 0.279. The van der Waals surface area contributed by atoms with Crippen LogP contribution in [0.1, 0.15) is 30.5 Å². The van der Waals surface area contributed by atoms with Crippen LogP contribution < -0.4 is 0 Å². The Balaban J connectivity index is 2.07. The topological polar surface area (TPSA) is 38.7 Å². The molecule has 3 rings (SSSR count). The van der Waals surface area contributed by atoms with Crippen molar-refractivity contribution in [1.82, 2.24) is 0 Å². The van der Waals surface area contributed by atoms with E-state index in [1.54, 1.807) is 0 Å². The predicted octanol–water partition coefficient (Wildman–Crippen LogP) is 4.03. The lowest BCUT2D eigenvalue weighted by atomic mass is 10.1. The largest absolute Gasteiger partial charge is 0.475 e. The van der Waals surface area contributed by atoms with Gasteiger partial charge in [0.25, 0.3) is 0 Å². The molecule has 0 saturated carbocycles. The van der Waals surface area contributed by atoms with E-state index in [9.17, 15) is 4.21 Å². The van der Waals surface area contributed by atoms with Crippen LogP contribution in [0, 0.1) is 13.8 Å². The molecule has 120 valence electrons. The minimum absolute atomic E-state index is 0.233. The molecular formula is C19H21NO2S. The van der Waals surface area contributed by atoms with Gasteiger partial charge in [0.05, 0.1) is 26.8 Å². The SMILES string of the molecule is Cc1ccc(S(=O)c2cc(C)ccc2C2=NC(C)(C)CO2)cc1. The Bertz CT molecular complexity index is 792. The number of aliphatic imine (C=N–C) groups is 1. The third kappa shape index (κ3) is 3.37. The molecule has 0 N–H and O–H groups in total. The predicted molar refractivity (Wildman–Crippen MR) is 93.6 cm³/mol. The van der Waals surface area contributed by atoms with Gasteiger partial charge in [0, 0.05) is 4.90 Å². The van der Waals surface area contributed by atoms with Crippen molar-refractivity contribution in [2.24, 2.45) is 4.99 Å². The Morgan fingerprint density at radius 1 is 1.04 bits per heavy atom. The van der Waals surface area contributed by atoms with Gasteiger partial charge in [-0.05, 0) is 57.5 Å². The molecule has 1 aliphatic heterocycles. The van der Waals surface area contributed by atoms with Crippen LogP contribution in [0.5, 0.6) is 0 Å². The van der Waals surface area contributed by atoms with Crippen molar-refractivity contribution in [1.29, 1.82) is 0 Å². The van der Waals surface area contributed by atoms with E-state index < -0.39 is 10.8 Å². The highest BCUT2D eigenvalue weighted by Crippen LogP contribution is 2.27. The standard InChI is InChI=1S/C19H21NO2S/c1-13-5-8-15(9-6-13)23(21)17-11-14(2)7-10-16(17)18-20-19(3,4)12-22-18/h5-11H,12H2,1-4H3. The molecule has 3 nitrogen and oxygen atoms in total. The maximum Gasteiger partial charge on any atom is 0.218 e. The van der Waals surface area contributed by atoms with Crippen LogP contribution in [0.2, 0.25) is 0 Å². The van der Waals surface area contributed by atoms with Crippen LogP contribution in [0.15, 0.2) is 57.2 Å². The minimum atomic E-state index is -1.26. The lowest BCUT2D eigenvalue weighted by Crippen LogP contribution is -2.17. The first-order valence-corrected chi connectivity index (χ1v) is 8.83. The van der Waals surface area contributed by atoms with E-state index in [0.717, 1.165) is 26.5 Å². The van der Waals surface area contributed by atoms with Crippen LogP contribution in [0.25, 0.3) is 0 Å². The van der Waals surface area contributed by atoms with E-state index in [1.165, 1.54) is 0 Å². The Labute approximate surface area is 139 Å². The van der Waals surface area contributed by atoms with Gasteiger partial charge in [0.2, 0.25) is 5.90 Å². The Morgan fingerprint density at radius 3 is 2.30 bits per heavy atom. The maximum atomic E-state index is 13.0. The second-order valence-corrected chi connectivity index (χ2v) is 8.05. The molecular weight excluding hydrogens is 306 g/mol. The van der Waals surface area contributed by atoms with Gasteiger partial charge in [0.15, 0.2) is 0 Å². The summed E-state index contributed by atoms with van der Waals surface area (Å²) in [6, 6.07) is 13.7. The molecule has 2 aromatic carbocycles. The number of nitrogens with zero attached hydrogens (tertiary/aromatic N) is 1. The van der Waals surface area contributed by atoms with Gasteiger partial charge < -0.3 is 4.74 Å². The minimum Gasteiger partial charge on any atom is -0.475 e. The monoisotopic (exact) mass is 327 g/mol. The summed E-state index contributed by atoms with van der Waals surface area (Å²) < 4.78 is 18.8. The Hall–Kier alpha value is -1.94. The number of hydrogen-bond acceptors (Lipinski definition) is 3. The maximum absolute atomic E-state index is 13.0. The number of ether oxygens (including phenoxy) is 1. The van der Waals surface area contributed by atoms with Crippen molar-refractivity contribution >= 4 is 16.7 Å². The molecule has 1 heterocycles. The van der Waals surface area contributed by atoms with E-state index in [0.29, 0.717) is 12.5 Å². The van der Waals surface area contributed by atoms with Crippen molar-refractivity contribution in [2.45, 2.75) is 43.0 Å². The molecule has 0 fully saturated rings. The van der Waals surface area contributed by atoms with E-state index in [4.69, 9.17) is 4.74 Å². The average molecular weight is 327 g/mol. The summed E-state index contributed by atoms with van der Waals surface area (Å²) in [4.78, 5) is 6.18. The van der Waals surface area contributed by atoms with Crippen molar-refractivity contribution in [2.75, 3.05) is 6.61 Å². The highest BCUT2D eigenvalue weighted by molar-refractivity contribution is 7.85. The van der Waals surface area contributed by atoms with Gasteiger partial charge >= 0.3 is 0 Å². The fourth-order valence-electron chi connectivity index (χ4n) is 2.47. The second kappa shape index (κ2) is 5.93. The summed E-state index contributed by atoms with van der Waals surface area (Å²) >= 11 is 0. The van der Waals surface area contributed by atoms with E-state index >= 15 is 0 Å². The third-order valence-electron chi connectivity index (χ3n) is 3.77. The molecule has 0 radical (unpaired) electrons. The van der Waals surface area contributed by atoms with Crippen molar-refractivity contribution in [3.05, 3.63) is 59.2 Å². The molecule has 0 saturated heterocycles. The zero-order valence-corrected chi connectivity index (χ0v) is 14.7. The molecule has 0 aromatic heterocycles. The Morgan fingerprint density at radius 2 is 1.70 bits per heavy atom. The summed E-state index contributed by atoms with van der Waals surface area (Å²) in [5.41, 5.74) is 2.81. The van der Waals surface area contributed by atoms with Gasteiger partial charge in [-0.25, -0.2) is 9.20 Å². The van der Waals surface area contributed by atoms with Gasteiger partial charge in [0.1, 0.15) is 6.61 Å². The molecule has 0 aliphatic carbocycles. The molecule has 0 bridgehead atoms. The van der Waals surface area contributed by atoms with Gasteiger partial charge in [-0.15, -0.1) is 0 Å². The van der Waals surface area contributed by atoms with Gasteiger partial charge in [-0.3, -0.25) is 0 Å². The number of hydrogen-bond donors (Lipinski definition) is 0. The first kappa shape index (κ1) is 15.9. The third-order valence-corrected chi connectivity index (χ3v) is 5.21. The smallest absolute Gasteiger partial charge is 0.218 e. The average Bonchev–Trinajstić information content (AvgIpc) is 2.87. The first-order chi connectivity index (χ1) is 10.9.